The predicted molar refractivity (Wildman–Crippen MR) is 57.1 cm³/mol. The maximum Gasteiger partial charge on any atom is 0.326 e. The number of aliphatic hydroxyl groups is 1. The molecule has 0 bridgehead atoms. The average Bonchev–Trinajstić information content (AvgIpc) is 2.25. The molecule has 1 saturated heterocycles. The first-order valence-electron chi connectivity index (χ1n) is 5.51. The number of carbonyl (C=O) groups is 2. The molecule has 2 atom stereocenters. The quantitative estimate of drug-likeness (QED) is 0.637. The van der Waals surface area contributed by atoms with Crippen LogP contribution in [0.2, 0.25) is 0 Å². The molecule has 1 unspecified atom stereocenters. The summed E-state index contributed by atoms with van der Waals surface area (Å²) in [6.07, 6.45) is 1.29. The lowest BCUT2D eigenvalue weighted by Gasteiger charge is -2.31. The van der Waals surface area contributed by atoms with Gasteiger partial charge in [-0.25, -0.2) is 9.59 Å². The fraction of sp³-hybridized carbons (Fsp3) is 0.800. The van der Waals surface area contributed by atoms with Crippen LogP contribution in [-0.2, 0) is 4.79 Å². The first-order chi connectivity index (χ1) is 7.54. The van der Waals surface area contributed by atoms with Gasteiger partial charge in [-0.05, 0) is 19.3 Å². The van der Waals surface area contributed by atoms with Crippen molar-refractivity contribution in [1.29, 1.82) is 0 Å². The van der Waals surface area contributed by atoms with Crippen molar-refractivity contribution in [2.75, 3.05) is 13.1 Å². The van der Waals surface area contributed by atoms with Crippen molar-refractivity contribution in [2.24, 2.45) is 0 Å². The Kier molecular flexibility index (Phi) is 4.54. The van der Waals surface area contributed by atoms with E-state index in [1.165, 1.54) is 4.90 Å². The zero-order valence-corrected chi connectivity index (χ0v) is 9.35. The number of hydrogen-bond donors (Lipinski definition) is 3. The number of nitrogens with one attached hydrogen (secondary N) is 1. The second kappa shape index (κ2) is 5.69. The van der Waals surface area contributed by atoms with Gasteiger partial charge in [-0.15, -0.1) is 0 Å². The highest BCUT2D eigenvalue weighted by molar-refractivity contribution is 5.82. The number of aliphatic carboxylic acids is 1. The molecule has 0 aromatic rings. The van der Waals surface area contributed by atoms with E-state index in [0.717, 1.165) is 6.42 Å². The molecule has 0 saturated carbocycles. The maximum atomic E-state index is 11.7. The van der Waals surface area contributed by atoms with Crippen LogP contribution in [0.15, 0.2) is 0 Å². The van der Waals surface area contributed by atoms with Crippen molar-refractivity contribution in [3.05, 3.63) is 0 Å². The van der Waals surface area contributed by atoms with E-state index in [1.54, 1.807) is 6.92 Å². The number of likely N-dealkylation sites (tertiary alicyclic amines) is 1. The molecular weight excluding hydrogens is 212 g/mol. The van der Waals surface area contributed by atoms with Gasteiger partial charge in [0.1, 0.15) is 6.04 Å². The third kappa shape index (κ3) is 3.37. The van der Waals surface area contributed by atoms with E-state index in [9.17, 15) is 14.7 Å². The van der Waals surface area contributed by atoms with Gasteiger partial charge in [0.25, 0.3) is 0 Å². The van der Waals surface area contributed by atoms with Gasteiger partial charge >= 0.3 is 12.0 Å². The monoisotopic (exact) mass is 230 g/mol. The van der Waals surface area contributed by atoms with Crippen LogP contribution in [0.5, 0.6) is 0 Å². The number of rotatable bonds is 3. The largest absolute Gasteiger partial charge is 0.480 e. The van der Waals surface area contributed by atoms with Gasteiger partial charge in [0.2, 0.25) is 0 Å². The number of hydrogen-bond acceptors (Lipinski definition) is 3. The standard InChI is InChI=1S/C10H18N2O4/c1-2-8(9(14)15)11-10(16)12-5-3-4-7(13)6-12/h7-8,13H,2-6H2,1H3,(H,11,16)(H,14,15)/t7?,8-/m0/s1. The lowest BCUT2D eigenvalue weighted by Crippen LogP contribution is -2.51. The molecule has 0 aromatic heterocycles. The molecule has 1 aliphatic heterocycles. The van der Waals surface area contributed by atoms with Crippen LogP contribution in [0.25, 0.3) is 0 Å². The minimum absolute atomic E-state index is 0.280. The molecule has 1 rings (SSSR count). The van der Waals surface area contributed by atoms with Crippen LogP contribution < -0.4 is 5.32 Å². The van der Waals surface area contributed by atoms with E-state index in [-0.39, 0.29) is 6.54 Å². The molecule has 16 heavy (non-hydrogen) atoms. The van der Waals surface area contributed by atoms with Gasteiger partial charge in [-0.1, -0.05) is 6.92 Å². The Balaban J connectivity index is 2.47. The topological polar surface area (TPSA) is 89.9 Å². The summed E-state index contributed by atoms with van der Waals surface area (Å²) in [6, 6.07) is -1.26. The van der Waals surface area contributed by atoms with Crippen molar-refractivity contribution in [1.82, 2.24) is 10.2 Å². The number of urea groups is 1. The van der Waals surface area contributed by atoms with Crippen LogP contribution in [0.1, 0.15) is 26.2 Å². The van der Waals surface area contributed by atoms with Crippen LogP contribution >= 0.6 is 0 Å². The number of aliphatic hydroxyl groups excluding tert-OH is 1. The molecule has 6 heteroatoms. The molecule has 92 valence electrons. The van der Waals surface area contributed by atoms with Crippen molar-refractivity contribution in [3.8, 4) is 0 Å². The lowest BCUT2D eigenvalue weighted by atomic mass is 10.1. The summed E-state index contributed by atoms with van der Waals surface area (Å²) < 4.78 is 0. The minimum atomic E-state index is -1.03. The van der Waals surface area contributed by atoms with Crippen molar-refractivity contribution < 1.29 is 19.8 Å². The number of carboxylic acids is 1. The normalized spacial score (nSPS) is 22.6. The van der Waals surface area contributed by atoms with E-state index >= 15 is 0 Å². The predicted octanol–water partition coefficient (Wildman–Crippen LogP) is 0.0159. The Bertz CT molecular complexity index is 270. The number of nitrogens with zero attached hydrogens (tertiary/aromatic N) is 1. The number of amides is 2. The number of carboxylic acid groups (broad SMARTS) is 1. The molecule has 0 radical (unpaired) electrons. The maximum absolute atomic E-state index is 11.7. The van der Waals surface area contributed by atoms with Crippen LogP contribution in [0.4, 0.5) is 4.79 Å². The highest BCUT2D eigenvalue weighted by atomic mass is 16.4. The van der Waals surface area contributed by atoms with E-state index in [1.807, 2.05) is 0 Å². The molecule has 1 aliphatic rings. The third-order valence-corrected chi connectivity index (χ3v) is 2.69. The summed E-state index contributed by atoms with van der Waals surface area (Å²) >= 11 is 0. The summed E-state index contributed by atoms with van der Waals surface area (Å²) in [5.74, 6) is -1.03. The highest BCUT2D eigenvalue weighted by Crippen LogP contribution is 2.10. The van der Waals surface area contributed by atoms with Gasteiger partial charge < -0.3 is 20.4 Å². The summed E-state index contributed by atoms with van der Waals surface area (Å²) in [5.41, 5.74) is 0. The Morgan fingerprint density at radius 1 is 1.56 bits per heavy atom. The summed E-state index contributed by atoms with van der Waals surface area (Å²) in [7, 11) is 0. The first kappa shape index (κ1) is 12.8. The smallest absolute Gasteiger partial charge is 0.326 e. The molecule has 3 N–H and O–H groups in total. The van der Waals surface area contributed by atoms with Gasteiger partial charge in [0.15, 0.2) is 0 Å². The van der Waals surface area contributed by atoms with E-state index < -0.39 is 24.1 Å². The van der Waals surface area contributed by atoms with Gasteiger partial charge in [-0.3, -0.25) is 0 Å². The summed E-state index contributed by atoms with van der Waals surface area (Å²) in [5, 5.41) is 20.6. The zero-order valence-electron chi connectivity index (χ0n) is 9.35. The first-order valence-corrected chi connectivity index (χ1v) is 5.51. The van der Waals surface area contributed by atoms with E-state index in [4.69, 9.17) is 5.11 Å². The number of carbonyl (C=O) groups excluding carboxylic acids is 1. The Morgan fingerprint density at radius 3 is 2.75 bits per heavy atom. The lowest BCUT2D eigenvalue weighted by molar-refractivity contribution is -0.139. The minimum Gasteiger partial charge on any atom is -0.480 e. The zero-order chi connectivity index (χ0) is 12.1. The highest BCUT2D eigenvalue weighted by Gasteiger charge is 2.25. The average molecular weight is 230 g/mol. The van der Waals surface area contributed by atoms with E-state index in [0.29, 0.717) is 19.4 Å². The second-order valence-electron chi connectivity index (χ2n) is 3.99. The molecule has 0 aliphatic carbocycles. The van der Waals surface area contributed by atoms with Gasteiger partial charge in [0.05, 0.1) is 6.10 Å². The van der Waals surface area contributed by atoms with Gasteiger partial charge in [-0.2, -0.15) is 0 Å². The van der Waals surface area contributed by atoms with Crippen molar-refractivity contribution >= 4 is 12.0 Å². The molecule has 6 nitrogen and oxygen atoms in total. The Morgan fingerprint density at radius 2 is 2.25 bits per heavy atom. The fourth-order valence-corrected chi connectivity index (χ4v) is 1.72. The van der Waals surface area contributed by atoms with E-state index in [2.05, 4.69) is 5.32 Å². The molecule has 1 fully saturated rings. The van der Waals surface area contributed by atoms with Crippen LogP contribution in [-0.4, -0.2) is 52.3 Å². The van der Waals surface area contributed by atoms with Crippen molar-refractivity contribution in [3.63, 3.8) is 0 Å². The number of piperidine rings is 1. The molecule has 0 aromatic carbocycles. The summed E-state index contributed by atoms with van der Waals surface area (Å²) in [6.45, 7) is 2.55. The molecule has 0 spiro atoms. The molecular formula is C10H18N2O4. The third-order valence-electron chi connectivity index (χ3n) is 2.69. The SMILES string of the molecule is CC[C@H](NC(=O)N1CCCC(O)C1)C(=O)O. The number of β-amino-alcohol motifs (C(OH)–C–C–N with tert-alkyl or cyclic N) is 1. The summed E-state index contributed by atoms with van der Waals surface area (Å²) in [4.78, 5) is 23.8. The van der Waals surface area contributed by atoms with Crippen molar-refractivity contribution in [2.45, 2.75) is 38.3 Å². The van der Waals surface area contributed by atoms with Crippen LogP contribution in [0, 0.1) is 0 Å². The fourth-order valence-electron chi connectivity index (χ4n) is 1.72. The Hall–Kier alpha value is -1.30. The molecule has 1 heterocycles. The second-order valence-corrected chi connectivity index (χ2v) is 3.99. The Labute approximate surface area is 94.2 Å². The van der Waals surface area contributed by atoms with Crippen LogP contribution in [0.3, 0.4) is 0 Å². The van der Waals surface area contributed by atoms with Gasteiger partial charge in [0, 0.05) is 13.1 Å². The molecule has 2 amide bonds.